The number of carbonyl (C=O) groups is 1. The summed E-state index contributed by atoms with van der Waals surface area (Å²) < 4.78 is 5.91. The number of amides is 1. The molecule has 1 aliphatic rings. The van der Waals surface area contributed by atoms with E-state index in [2.05, 4.69) is 31.1 Å². The van der Waals surface area contributed by atoms with E-state index < -0.39 is 0 Å². The molecule has 0 atom stereocenters. The topological polar surface area (TPSA) is 54.5 Å². The fourth-order valence-electron chi connectivity index (χ4n) is 1.79. The number of carbonyl (C=O) groups excluding carboxylic acids is 1. The summed E-state index contributed by atoms with van der Waals surface area (Å²) in [5, 5.41) is 2.91. The van der Waals surface area contributed by atoms with E-state index in [0.717, 1.165) is 39.3 Å². The first-order valence-corrected chi connectivity index (χ1v) is 7.62. The van der Waals surface area contributed by atoms with Gasteiger partial charge in [0.1, 0.15) is 9.48 Å². The Bertz CT molecular complexity index is 393. The van der Waals surface area contributed by atoms with Crippen molar-refractivity contribution in [2.24, 2.45) is 0 Å². The highest BCUT2D eigenvalue weighted by Crippen LogP contribution is 2.18. The van der Waals surface area contributed by atoms with Crippen molar-refractivity contribution < 1.29 is 9.53 Å². The molecule has 1 aliphatic heterocycles. The number of aromatic nitrogens is 1. The van der Waals surface area contributed by atoms with Crippen molar-refractivity contribution in [2.45, 2.75) is 6.42 Å². The van der Waals surface area contributed by atoms with Crippen molar-refractivity contribution in [2.75, 3.05) is 39.4 Å². The molecule has 2 rings (SSSR count). The first kappa shape index (κ1) is 13.9. The molecule has 1 aromatic heterocycles. The summed E-state index contributed by atoms with van der Waals surface area (Å²) >= 11 is 4.60. The number of halogens is 1. The van der Waals surface area contributed by atoms with Crippen molar-refractivity contribution in [3.63, 3.8) is 0 Å². The van der Waals surface area contributed by atoms with Crippen LogP contribution in [0.3, 0.4) is 0 Å². The van der Waals surface area contributed by atoms with E-state index in [-0.39, 0.29) is 5.91 Å². The summed E-state index contributed by atoms with van der Waals surface area (Å²) in [6.45, 7) is 5.33. The molecule has 0 unspecified atom stereocenters. The molecule has 1 fully saturated rings. The van der Waals surface area contributed by atoms with Gasteiger partial charge in [0.2, 0.25) is 0 Å². The Morgan fingerprint density at radius 1 is 1.56 bits per heavy atom. The van der Waals surface area contributed by atoms with Crippen molar-refractivity contribution in [3.05, 3.63) is 15.0 Å². The molecule has 0 bridgehead atoms. The number of nitrogens with one attached hydrogen (secondary N) is 1. The third-order valence-corrected chi connectivity index (χ3v) is 4.46. The summed E-state index contributed by atoms with van der Waals surface area (Å²) in [6.07, 6.45) is 0.960. The zero-order valence-electron chi connectivity index (χ0n) is 10.0. The van der Waals surface area contributed by atoms with Gasteiger partial charge in [-0.2, -0.15) is 0 Å². The molecule has 0 aliphatic carbocycles. The van der Waals surface area contributed by atoms with Crippen LogP contribution in [-0.4, -0.2) is 55.2 Å². The first-order chi connectivity index (χ1) is 8.77. The maximum absolute atomic E-state index is 11.8. The Hall–Kier alpha value is -0.500. The van der Waals surface area contributed by atoms with Gasteiger partial charge in [0.15, 0.2) is 0 Å². The molecule has 0 aromatic carbocycles. The normalized spacial score (nSPS) is 16.7. The minimum atomic E-state index is -0.0497. The SMILES string of the molecule is O=C(NCCCN1CCOCC1)c1scnc1Br. The van der Waals surface area contributed by atoms with Crippen LogP contribution in [0.1, 0.15) is 16.1 Å². The molecule has 100 valence electrons. The van der Waals surface area contributed by atoms with Crippen molar-refractivity contribution >= 4 is 33.2 Å². The standard InChI is InChI=1S/C11H16BrN3O2S/c12-10-9(18-8-14-10)11(16)13-2-1-3-15-4-6-17-7-5-15/h8H,1-7H2,(H,13,16). The van der Waals surface area contributed by atoms with Crippen molar-refractivity contribution in [1.82, 2.24) is 15.2 Å². The van der Waals surface area contributed by atoms with E-state index in [0.29, 0.717) is 16.0 Å². The average molecular weight is 334 g/mol. The van der Waals surface area contributed by atoms with Crippen LogP contribution in [0.25, 0.3) is 0 Å². The highest BCUT2D eigenvalue weighted by atomic mass is 79.9. The Balaban J connectivity index is 1.63. The van der Waals surface area contributed by atoms with Crippen LogP contribution in [0.5, 0.6) is 0 Å². The van der Waals surface area contributed by atoms with Gasteiger partial charge in [-0.3, -0.25) is 9.69 Å². The van der Waals surface area contributed by atoms with E-state index in [1.54, 1.807) is 5.51 Å². The molecule has 1 aromatic rings. The lowest BCUT2D eigenvalue weighted by Gasteiger charge is -2.26. The second-order valence-electron chi connectivity index (χ2n) is 4.04. The second kappa shape index (κ2) is 7.18. The van der Waals surface area contributed by atoms with E-state index in [4.69, 9.17) is 4.74 Å². The smallest absolute Gasteiger partial charge is 0.264 e. The number of morpholine rings is 1. The molecule has 0 saturated carbocycles. The molecule has 0 radical (unpaired) electrons. The maximum Gasteiger partial charge on any atom is 0.264 e. The number of ether oxygens (including phenoxy) is 1. The lowest BCUT2D eigenvalue weighted by molar-refractivity contribution is 0.0374. The van der Waals surface area contributed by atoms with E-state index >= 15 is 0 Å². The Morgan fingerprint density at radius 2 is 2.33 bits per heavy atom. The lowest BCUT2D eigenvalue weighted by atomic mass is 10.3. The molecular weight excluding hydrogens is 318 g/mol. The summed E-state index contributed by atoms with van der Waals surface area (Å²) in [5.41, 5.74) is 1.66. The Morgan fingerprint density at radius 3 is 3.00 bits per heavy atom. The molecule has 0 spiro atoms. The molecule has 1 amide bonds. The zero-order chi connectivity index (χ0) is 12.8. The van der Waals surface area contributed by atoms with Crippen LogP contribution in [0.4, 0.5) is 0 Å². The number of hydrogen-bond acceptors (Lipinski definition) is 5. The second-order valence-corrected chi connectivity index (χ2v) is 5.64. The maximum atomic E-state index is 11.8. The van der Waals surface area contributed by atoms with Gasteiger partial charge >= 0.3 is 0 Å². The van der Waals surface area contributed by atoms with Crippen LogP contribution >= 0.6 is 27.3 Å². The zero-order valence-corrected chi connectivity index (χ0v) is 12.4. The third-order valence-electron chi connectivity index (χ3n) is 2.77. The molecule has 7 heteroatoms. The van der Waals surface area contributed by atoms with Gasteiger partial charge in [-0.15, -0.1) is 11.3 Å². The highest BCUT2D eigenvalue weighted by molar-refractivity contribution is 9.10. The summed E-state index contributed by atoms with van der Waals surface area (Å²) in [5.74, 6) is -0.0497. The third kappa shape index (κ3) is 4.01. The fourth-order valence-corrected chi connectivity index (χ4v) is 3.08. The summed E-state index contributed by atoms with van der Waals surface area (Å²) in [4.78, 5) is 18.8. The summed E-state index contributed by atoms with van der Waals surface area (Å²) in [6, 6.07) is 0. The number of nitrogens with zero attached hydrogens (tertiary/aromatic N) is 2. The van der Waals surface area contributed by atoms with Gasteiger partial charge in [-0.05, 0) is 28.9 Å². The molecule has 18 heavy (non-hydrogen) atoms. The number of rotatable bonds is 5. The predicted molar refractivity (Wildman–Crippen MR) is 74.0 cm³/mol. The van der Waals surface area contributed by atoms with Gasteiger partial charge in [0.05, 0.1) is 18.7 Å². The minimum absolute atomic E-state index is 0.0497. The average Bonchev–Trinajstić information content (AvgIpc) is 2.82. The Labute approximate surface area is 119 Å². The predicted octanol–water partition coefficient (Wildman–Crippen LogP) is 1.36. The molecule has 1 saturated heterocycles. The lowest BCUT2D eigenvalue weighted by Crippen LogP contribution is -2.38. The van der Waals surface area contributed by atoms with Gasteiger partial charge in [0, 0.05) is 19.6 Å². The molecular formula is C11H16BrN3O2S. The fraction of sp³-hybridized carbons (Fsp3) is 0.636. The molecule has 1 N–H and O–H groups in total. The van der Waals surface area contributed by atoms with Gasteiger partial charge in [0.25, 0.3) is 5.91 Å². The van der Waals surface area contributed by atoms with Crippen molar-refractivity contribution in [1.29, 1.82) is 0 Å². The quantitative estimate of drug-likeness (QED) is 0.826. The van der Waals surface area contributed by atoms with E-state index in [1.165, 1.54) is 11.3 Å². The molecule has 5 nitrogen and oxygen atoms in total. The Kier molecular flexibility index (Phi) is 5.55. The number of hydrogen-bond donors (Lipinski definition) is 1. The van der Waals surface area contributed by atoms with E-state index in [9.17, 15) is 4.79 Å². The number of thiazole rings is 1. The highest BCUT2D eigenvalue weighted by Gasteiger charge is 2.13. The van der Waals surface area contributed by atoms with Crippen molar-refractivity contribution in [3.8, 4) is 0 Å². The van der Waals surface area contributed by atoms with Gasteiger partial charge < -0.3 is 10.1 Å². The van der Waals surface area contributed by atoms with E-state index in [1.807, 2.05) is 0 Å². The van der Waals surface area contributed by atoms with Crippen LogP contribution < -0.4 is 5.32 Å². The first-order valence-electron chi connectivity index (χ1n) is 5.94. The van der Waals surface area contributed by atoms with Crippen LogP contribution in [0.2, 0.25) is 0 Å². The van der Waals surface area contributed by atoms with Crippen LogP contribution in [0, 0.1) is 0 Å². The largest absolute Gasteiger partial charge is 0.379 e. The summed E-state index contributed by atoms with van der Waals surface area (Å²) in [7, 11) is 0. The van der Waals surface area contributed by atoms with Crippen LogP contribution in [0.15, 0.2) is 10.1 Å². The van der Waals surface area contributed by atoms with Gasteiger partial charge in [-0.1, -0.05) is 0 Å². The molecule has 2 heterocycles. The minimum Gasteiger partial charge on any atom is -0.379 e. The monoisotopic (exact) mass is 333 g/mol. The van der Waals surface area contributed by atoms with Gasteiger partial charge in [-0.25, -0.2) is 4.98 Å². The van der Waals surface area contributed by atoms with Crippen LogP contribution in [-0.2, 0) is 4.74 Å².